The number of fused-ring (bicyclic) bond motifs is 1. The van der Waals surface area contributed by atoms with E-state index in [0.717, 1.165) is 11.2 Å². The molecule has 15 heavy (non-hydrogen) atoms. The van der Waals surface area contributed by atoms with Crippen molar-refractivity contribution in [2.45, 2.75) is 39.5 Å². The Labute approximate surface area is 89.3 Å². The van der Waals surface area contributed by atoms with Gasteiger partial charge in [-0.1, -0.05) is 27.7 Å². The van der Waals surface area contributed by atoms with Gasteiger partial charge in [0, 0.05) is 5.56 Å². The monoisotopic (exact) mass is 204 g/mol. The van der Waals surface area contributed by atoms with Gasteiger partial charge in [0.2, 0.25) is 0 Å². The van der Waals surface area contributed by atoms with Crippen molar-refractivity contribution in [2.75, 3.05) is 0 Å². The van der Waals surface area contributed by atoms with Gasteiger partial charge in [-0.15, -0.1) is 5.10 Å². The molecule has 0 bridgehead atoms. The SMILES string of the molecule is CC(C)c1cnn2cnnc(C(C)C)c12. The average molecular weight is 204 g/mol. The van der Waals surface area contributed by atoms with Crippen LogP contribution in [0.5, 0.6) is 0 Å². The van der Waals surface area contributed by atoms with E-state index in [4.69, 9.17) is 0 Å². The molecule has 0 N–H and O–H groups in total. The van der Waals surface area contributed by atoms with E-state index in [1.807, 2.05) is 10.7 Å². The van der Waals surface area contributed by atoms with Crippen molar-refractivity contribution in [3.05, 3.63) is 23.8 Å². The van der Waals surface area contributed by atoms with Crippen LogP contribution < -0.4 is 0 Å². The van der Waals surface area contributed by atoms with Crippen LogP contribution in [0.3, 0.4) is 0 Å². The molecule has 0 amide bonds. The van der Waals surface area contributed by atoms with Gasteiger partial charge in [-0.25, -0.2) is 4.52 Å². The van der Waals surface area contributed by atoms with Gasteiger partial charge in [-0.2, -0.15) is 10.2 Å². The quantitative estimate of drug-likeness (QED) is 0.754. The van der Waals surface area contributed by atoms with Crippen molar-refractivity contribution in [3.8, 4) is 0 Å². The number of nitrogens with zero attached hydrogens (tertiary/aromatic N) is 4. The Morgan fingerprint density at radius 3 is 2.47 bits per heavy atom. The molecule has 0 unspecified atom stereocenters. The number of rotatable bonds is 2. The highest BCUT2D eigenvalue weighted by Crippen LogP contribution is 2.25. The van der Waals surface area contributed by atoms with Crippen molar-refractivity contribution >= 4 is 5.52 Å². The first-order valence-corrected chi connectivity index (χ1v) is 5.30. The Kier molecular flexibility index (Phi) is 2.42. The summed E-state index contributed by atoms with van der Waals surface area (Å²) in [5, 5.41) is 12.5. The molecule has 2 rings (SSSR count). The van der Waals surface area contributed by atoms with E-state index < -0.39 is 0 Å². The zero-order chi connectivity index (χ0) is 11.0. The molecule has 0 aliphatic carbocycles. The maximum atomic E-state index is 4.30. The number of hydrogen-bond acceptors (Lipinski definition) is 3. The summed E-state index contributed by atoms with van der Waals surface area (Å²) in [6.07, 6.45) is 3.57. The summed E-state index contributed by atoms with van der Waals surface area (Å²) in [6.45, 7) is 8.59. The molecule has 0 saturated carbocycles. The molecule has 0 spiro atoms. The summed E-state index contributed by atoms with van der Waals surface area (Å²) in [7, 11) is 0. The van der Waals surface area contributed by atoms with Crippen LogP contribution in [0.1, 0.15) is 50.8 Å². The second-order valence-corrected chi connectivity index (χ2v) is 4.42. The second-order valence-electron chi connectivity index (χ2n) is 4.42. The molecule has 0 aliphatic heterocycles. The number of hydrogen-bond donors (Lipinski definition) is 0. The van der Waals surface area contributed by atoms with E-state index in [1.165, 1.54) is 5.56 Å². The standard InChI is InChI=1S/C11H16N4/c1-7(2)9-5-13-15-6-12-14-10(8(3)4)11(9)15/h5-8H,1-4H3. The summed E-state index contributed by atoms with van der Waals surface area (Å²) in [5.74, 6) is 0.833. The summed E-state index contributed by atoms with van der Waals surface area (Å²) in [4.78, 5) is 0. The van der Waals surface area contributed by atoms with Gasteiger partial charge in [0.25, 0.3) is 0 Å². The van der Waals surface area contributed by atoms with Crippen molar-refractivity contribution < 1.29 is 0 Å². The Hall–Kier alpha value is -1.45. The van der Waals surface area contributed by atoms with E-state index >= 15 is 0 Å². The topological polar surface area (TPSA) is 43.1 Å². The first-order valence-electron chi connectivity index (χ1n) is 5.30. The third-order valence-corrected chi connectivity index (χ3v) is 2.56. The zero-order valence-electron chi connectivity index (χ0n) is 9.60. The number of aromatic nitrogens is 4. The molecule has 0 aliphatic rings. The van der Waals surface area contributed by atoms with Crippen LogP contribution in [0.15, 0.2) is 12.5 Å². The lowest BCUT2D eigenvalue weighted by molar-refractivity contribution is 0.752. The summed E-state index contributed by atoms with van der Waals surface area (Å²) >= 11 is 0. The molecule has 2 heterocycles. The van der Waals surface area contributed by atoms with Gasteiger partial charge in [0.1, 0.15) is 6.33 Å². The molecule has 0 saturated heterocycles. The van der Waals surface area contributed by atoms with Crippen LogP contribution in [0, 0.1) is 0 Å². The third kappa shape index (κ3) is 1.60. The van der Waals surface area contributed by atoms with Crippen molar-refractivity contribution in [3.63, 3.8) is 0 Å². The third-order valence-electron chi connectivity index (χ3n) is 2.56. The van der Waals surface area contributed by atoms with Crippen molar-refractivity contribution in [1.29, 1.82) is 0 Å². The first kappa shape index (κ1) is 10.1. The van der Waals surface area contributed by atoms with Crippen LogP contribution in [-0.4, -0.2) is 19.8 Å². The van der Waals surface area contributed by atoms with Crippen LogP contribution >= 0.6 is 0 Å². The molecule has 0 fully saturated rings. The predicted octanol–water partition coefficient (Wildman–Crippen LogP) is 2.37. The van der Waals surface area contributed by atoms with Gasteiger partial charge in [0.05, 0.1) is 17.4 Å². The Morgan fingerprint density at radius 1 is 1.13 bits per heavy atom. The summed E-state index contributed by atoms with van der Waals surface area (Å²) in [6, 6.07) is 0. The fourth-order valence-electron chi connectivity index (χ4n) is 1.72. The Balaban J connectivity index is 2.75. The van der Waals surface area contributed by atoms with Gasteiger partial charge < -0.3 is 0 Å². The molecular weight excluding hydrogens is 188 g/mol. The van der Waals surface area contributed by atoms with E-state index in [2.05, 4.69) is 43.0 Å². The van der Waals surface area contributed by atoms with E-state index in [0.29, 0.717) is 11.8 Å². The molecule has 4 heteroatoms. The fourth-order valence-corrected chi connectivity index (χ4v) is 1.72. The summed E-state index contributed by atoms with van der Waals surface area (Å²) in [5.41, 5.74) is 3.39. The highest BCUT2D eigenvalue weighted by molar-refractivity contribution is 5.59. The van der Waals surface area contributed by atoms with Crippen LogP contribution in [0.4, 0.5) is 0 Å². The highest BCUT2D eigenvalue weighted by Gasteiger charge is 2.15. The van der Waals surface area contributed by atoms with E-state index in [-0.39, 0.29) is 0 Å². The molecule has 0 aromatic carbocycles. The maximum absolute atomic E-state index is 4.30. The van der Waals surface area contributed by atoms with Gasteiger partial charge in [-0.05, 0) is 11.8 Å². The molecule has 0 radical (unpaired) electrons. The Morgan fingerprint density at radius 2 is 1.87 bits per heavy atom. The van der Waals surface area contributed by atoms with Crippen LogP contribution in [0.25, 0.3) is 5.52 Å². The highest BCUT2D eigenvalue weighted by atomic mass is 15.3. The molecule has 0 atom stereocenters. The van der Waals surface area contributed by atoms with Gasteiger partial charge >= 0.3 is 0 Å². The lowest BCUT2D eigenvalue weighted by Gasteiger charge is -2.08. The summed E-state index contributed by atoms with van der Waals surface area (Å²) < 4.78 is 1.82. The smallest absolute Gasteiger partial charge is 0.140 e. The minimum Gasteiger partial charge on any atom is -0.218 e. The lowest BCUT2D eigenvalue weighted by atomic mass is 10.0. The fraction of sp³-hybridized carbons (Fsp3) is 0.545. The van der Waals surface area contributed by atoms with Gasteiger partial charge in [0.15, 0.2) is 0 Å². The Bertz CT molecular complexity index is 470. The normalized spacial score (nSPS) is 11.9. The maximum Gasteiger partial charge on any atom is 0.140 e. The molecular formula is C11H16N4. The zero-order valence-corrected chi connectivity index (χ0v) is 9.60. The molecule has 80 valence electrons. The van der Waals surface area contributed by atoms with Gasteiger partial charge in [-0.3, -0.25) is 0 Å². The predicted molar refractivity (Wildman–Crippen MR) is 59.0 cm³/mol. The van der Waals surface area contributed by atoms with E-state index in [9.17, 15) is 0 Å². The molecule has 2 aromatic heterocycles. The van der Waals surface area contributed by atoms with Crippen LogP contribution in [0.2, 0.25) is 0 Å². The second kappa shape index (κ2) is 3.61. The van der Waals surface area contributed by atoms with Crippen molar-refractivity contribution in [1.82, 2.24) is 19.8 Å². The molecule has 4 nitrogen and oxygen atoms in total. The first-order chi connectivity index (χ1) is 7.11. The van der Waals surface area contributed by atoms with E-state index in [1.54, 1.807) is 6.33 Å². The minimum absolute atomic E-state index is 0.371. The largest absolute Gasteiger partial charge is 0.218 e. The van der Waals surface area contributed by atoms with Crippen LogP contribution in [-0.2, 0) is 0 Å². The molecule has 2 aromatic rings. The average Bonchev–Trinajstić information content (AvgIpc) is 2.60. The van der Waals surface area contributed by atoms with Crippen molar-refractivity contribution in [2.24, 2.45) is 0 Å². The lowest BCUT2D eigenvalue weighted by Crippen LogP contribution is -2.02. The minimum atomic E-state index is 0.371.